The van der Waals surface area contributed by atoms with Gasteiger partial charge < -0.3 is 10.1 Å². The monoisotopic (exact) mass is 342 g/mol. The summed E-state index contributed by atoms with van der Waals surface area (Å²) in [5.74, 6) is -0.455. The molecule has 0 radical (unpaired) electrons. The molecule has 0 aliphatic rings. The number of rotatable bonds is 6. The molecular weight excluding hydrogens is 325 g/mol. The van der Waals surface area contributed by atoms with E-state index in [4.69, 9.17) is 4.74 Å². The third-order valence-corrected chi connectivity index (χ3v) is 3.50. The standard InChI is InChI=1S/C15H17F3N4O2/c1-10(11(2)22-9-19-8-20-22)21-14(23)7-24-13-5-3-4-12(6-13)15(16,17)18/h3-6,8-11H,7H2,1-2H3,(H,21,23)/t10-,11+/m0/s1. The number of ether oxygens (including phenoxy) is 1. The van der Waals surface area contributed by atoms with E-state index in [-0.39, 0.29) is 24.4 Å². The average Bonchev–Trinajstić information content (AvgIpc) is 3.06. The first-order chi connectivity index (χ1) is 11.3. The number of hydrogen-bond acceptors (Lipinski definition) is 4. The maximum atomic E-state index is 12.6. The van der Waals surface area contributed by atoms with Crippen LogP contribution in [-0.4, -0.2) is 33.3 Å². The molecule has 2 atom stereocenters. The Labute approximate surface area is 136 Å². The van der Waals surface area contributed by atoms with E-state index in [1.54, 1.807) is 11.6 Å². The maximum absolute atomic E-state index is 12.6. The lowest BCUT2D eigenvalue weighted by atomic mass is 10.2. The third kappa shape index (κ3) is 4.71. The fraction of sp³-hybridized carbons (Fsp3) is 0.400. The predicted molar refractivity (Wildman–Crippen MR) is 79.3 cm³/mol. The largest absolute Gasteiger partial charge is 0.484 e. The lowest BCUT2D eigenvalue weighted by Gasteiger charge is -2.21. The number of halogens is 3. The Hall–Kier alpha value is -2.58. The van der Waals surface area contributed by atoms with Crippen molar-refractivity contribution in [2.45, 2.75) is 32.1 Å². The molecular formula is C15H17F3N4O2. The van der Waals surface area contributed by atoms with Crippen molar-refractivity contribution in [1.82, 2.24) is 20.1 Å². The van der Waals surface area contributed by atoms with Gasteiger partial charge in [-0.05, 0) is 32.0 Å². The average molecular weight is 342 g/mol. The Morgan fingerprint density at radius 2 is 2.12 bits per heavy atom. The zero-order valence-electron chi connectivity index (χ0n) is 13.1. The first-order valence-corrected chi connectivity index (χ1v) is 7.21. The number of alkyl halides is 3. The SMILES string of the molecule is C[C@H](NC(=O)COc1cccc(C(F)(F)F)c1)[C@@H](C)n1cncn1. The molecule has 0 saturated carbocycles. The summed E-state index contributed by atoms with van der Waals surface area (Å²) in [6, 6.07) is 3.99. The number of nitrogens with zero attached hydrogens (tertiary/aromatic N) is 3. The van der Waals surface area contributed by atoms with Crippen molar-refractivity contribution in [2.24, 2.45) is 0 Å². The van der Waals surface area contributed by atoms with E-state index in [1.807, 2.05) is 6.92 Å². The number of aromatic nitrogens is 3. The molecule has 0 bridgehead atoms. The van der Waals surface area contributed by atoms with Gasteiger partial charge in [0.25, 0.3) is 5.91 Å². The molecule has 2 aromatic rings. The van der Waals surface area contributed by atoms with E-state index >= 15 is 0 Å². The van der Waals surface area contributed by atoms with E-state index in [0.717, 1.165) is 12.1 Å². The Morgan fingerprint density at radius 3 is 2.75 bits per heavy atom. The smallest absolute Gasteiger partial charge is 0.416 e. The van der Waals surface area contributed by atoms with Gasteiger partial charge in [0.2, 0.25) is 0 Å². The molecule has 0 spiro atoms. The number of nitrogens with one attached hydrogen (secondary N) is 1. The topological polar surface area (TPSA) is 69.0 Å². The highest BCUT2D eigenvalue weighted by Crippen LogP contribution is 2.31. The van der Waals surface area contributed by atoms with E-state index in [2.05, 4.69) is 15.4 Å². The molecule has 0 aliphatic heterocycles. The zero-order chi connectivity index (χ0) is 17.7. The number of amides is 1. The van der Waals surface area contributed by atoms with Crippen LogP contribution in [0.5, 0.6) is 5.75 Å². The van der Waals surface area contributed by atoms with Crippen LogP contribution in [0.3, 0.4) is 0 Å². The van der Waals surface area contributed by atoms with E-state index < -0.39 is 17.6 Å². The molecule has 24 heavy (non-hydrogen) atoms. The molecule has 0 saturated heterocycles. The van der Waals surface area contributed by atoms with Crippen LogP contribution in [0.4, 0.5) is 13.2 Å². The Balaban J connectivity index is 1.87. The molecule has 1 amide bonds. The van der Waals surface area contributed by atoms with Gasteiger partial charge in [-0.1, -0.05) is 6.07 Å². The molecule has 9 heteroatoms. The second kappa shape index (κ2) is 7.33. The van der Waals surface area contributed by atoms with Gasteiger partial charge in [-0.25, -0.2) is 9.67 Å². The molecule has 0 fully saturated rings. The van der Waals surface area contributed by atoms with E-state index in [0.29, 0.717) is 0 Å². The second-order valence-electron chi connectivity index (χ2n) is 5.29. The molecule has 1 aromatic carbocycles. The summed E-state index contributed by atoms with van der Waals surface area (Å²) in [5, 5.41) is 6.70. The van der Waals surface area contributed by atoms with Crippen molar-refractivity contribution in [1.29, 1.82) is 0 Å². The number of carbonyl (C=O) groups excluding carboxylic acids is 1. The van der Waals surface area contributed by atoms with Gasteiger partial charge in [-0.3, -0.25) is 4.79 Å². The fourth-order valence-corrected chi connectivity index (χ4v) is 1.98. The first kappa shape index (κ1) is 17.8. The summed E-state index contributed by atoms with van der Waals surface area (Å²) in [6.45, 7) is 3.26. The number of benzene rings is 1. The normalized spacial score (nSPS) is 14.0. The van der Waals surface area contributed by atoms with Crippen molar-refractivity contribution in [3.63, 3.8) is 0 Å². The van der Waals surface area contributed by atoms with Gasteiger partial charge in [-0.15, -0.1) is 0 Å². The quantitative estimate of drug-likeness (QED) is 0.875. The lowest BCUT2D eigenvalue weighted by molar-refractivity contribution is -0.137. The van der Waals surface area contributed by atoms with Gasteiger partial charge in [0, 0.05) is 6.04 Å². The van der Waals surface area contributed by atoms with E-state index in [1.165, 1.54) is 24.8 Å². The minimum absolute atomic E-state index is 0.0167. The maximum Gasteiger partial charge on any atom is 0.416 e. The molecule has 1 N–H and O–H groups in total. The highest BCUT2D eigenvalue weighted by molar-refractivity contribution is 5.77. The van der Waals surface area contributed by atoms with Crippen LogP contribution in [0.2, 0.25) is 0 Å². The molecule has 1 aromatic heterocycles. The van der Waals surface area contributed by atoms with Crippen molar-refractivity contribution >= 4 is 5.91 Å². The predicted octanol–water partition coefficient (Wildman–Crippen LogP) is 2.44. The van der Waals surface area contributed by atoms with Crippen LogP contribution in [0.25, 0.3) is 0 Å². The summed E-state index contributed by atoms with van der Waals surface area (Å²) >= 11 is 0. The molecule has 2 rings (SSSR count). The first-order valence-electron chi connectivity index (χ1n) is 7.21. The number of carbonyl (C=O) groups is 1. The Morgan fingerprint density at radius 1 is 1.38 bits per heavy atom. The van der Waals surface area contributed by atoms with Crippen molar-refractivity contribution in [3.8, 4) is 5.75 Å². The van der Waals surface area contributed by atoms with Crippen LogP contribution in [0, 0.1) is 0 Å². The second-order valence-corrected chi connectivity index (χ2v) is 5.29. The summed E-state index contributed by atoms with van der Waals surface area (Å²) in [5.41, 5.74) is -0.825. The van der Waals surface area contributed by atoms with Crippen LogP contribution in [-0.2, 0) is 11.0 Å². The van der Waals surface area contributed by atoms with Gasteiger partial charge in [0.05, 0.1) is 11.6 Å². The van der Waals surface area contributed by atoms with Crippen LogP contribution in [0.15, 0.2) is 36.9 Å². The van der Waals surface area contributed by atoms with Gasteiger partial charge in [0.1, 0.15) is 18.4 Å². The zero-order valence-corrected chi connectivity index (χ0v) is 13.1. The van der Waals surface area contributed by atoms with Crippen LogP contribution < -0.4 is 10.1 Å². The molecule has 130 valence electrons. The number of hydrogen-bond donors (Lipinski definition) is 1. The summed E-state index contributed by atoms with van der Waals surface area (Å²) < 4.78 is 44.6. The molecule has 0 unspecified atom stereocenters. The summed E-state index contributed by atoms with van der Waals surface area (Å²) in [6.07, 6.45) is -1.53. The molecule has 6 nitrogen and oxygen atoms in total. The summed E-state index contributed by atoms with van der Waals surface area (Å²) in [7, 11) is 0. The van der Waals surface area contributed by atoms with Crippen molar-refractivity contribution < 1.29 is 22.7 Å². The van der Waals surface area contributed by atoms with Crippen molar-refractivity contribution in [2.75, 3.05) is 6.61 Å². The Kier molecular flexibility index (Phi) is 5.42. The van der Waals surface area contributed by atoms with Crippen molar-refractivity contribution in [3.05, 3.63) is 42.5 Å². The van der Waals surface area contributed by atoms with Crippen LogP contribution >= 0.6 is 0 Å². The minimum Gasteiger partial charge on any atom is -0.484 e. The van der Waals surface area contributed by atoms with Gasteiger partial charge in [0.15, 0.2) is 6.61 Å². The minimum atomic E-state index is -4.45. The lowest BCUT2D eigenvalue weighted by Crippen LogP contribution is -2.40. The third-order valence-electron chi connectivity index (χ3n) is 3.50. The van der Waals surface area contributed by atoms with Gasteiger partial charge >= 0.3 is 6.18 Å². The highest BCUT2D eigenvalue weighted by atomic mass is 19.4. The highest BCUT2D eigenvalue weighted by Gasteiger charge is 2.30. The fourth-order valence-electron chi connectivity index (χ4n) is 1.98. The van der Waals surface area contributed by atoms with Crippen LogP contribution in [0.1, 0.15) is 25.5 Å². The van der Waals surface area contributed by atoms with Gasteiger partial charge in [-0.2, -0.15) is 18.3 Å². The molecule has 1 heterocycles. The molecule has 0 aliphatic carbocycles. The van der Waals surface area contributed by atoms with E-state index in [9.17, 15) is 18.0 Å². The summed E-state index contributed by atoms with van der Waals surface area (Å²) in [4.78, 5) is 15.7. The Bertz CT molecular complexity index is 674.